The zero-order valence-electron chi connectivity index (χ0n) is 17.4. The summed E-state index contributed by atoms with van der Waals surface area (Å²) in [4.78, 5) is 12.6. The molecule has 4 unspecified atom stereocenters. The van der Waals surface area contributed by atoms with Gasteiger partial charge in [-0.15, -0.1) is 0 Å². The molecule has 2 saturated heterocycles. The van der Waals surface area contributed by atoms with Crippen LogP contribution in [0.5, 0.6) is 17.5 Å². The van der Waals surface area contributed by atoms with E-state index in [1.165, 1.54) is 10.6 Å². The second kappa shape index (κ2) is 7.67. The Bertz CT molecular complexity index is 1090. The summed E-state index contributed by atoms with van der Waals surface area (Å²) >= 11 is 0. The van der Waals surface area contributed by atoms with Crippen molar-refractivity contribution >= 4 is 10.0 Å². The molecule has 0 N–H and O–H groups in total. The molecule has 2 aromatic heterocycles. The molecule has 2 bridgehead atoms. The molecule has 0 spiro atoms. The molecule has 1 saturated carbocycles. The van der Waals surface area contributed by atoms with Crippen molar-refractivity contribution in [3.05, 3.63) is 35.9 Å². The zero-order chi connectivity index (χ0) is 21.8. The van der Waals surface area contributed by atoms with Crippen LogP contribution < -0.4 is 9.47 Å². The summed E-state index contributed by atoms with van der Waals surface area (Å²) in [6, 6.07) is 2.56. The van der Waals surface area contributed by atoms with E-state index in [0.29, 0.717) is 48.8 Å². The fourth-order valence-corrected chi connectivity index (χ4v) is 6.84. The van der Waals surface area contributed by atoms with Crippen molar-refractivity contribution in [2.75, 3.05) is 0 Å². The van der Waals surface area contributed by atoms with Gasteiger partial charge >= 0.3 is 0 Å². The van der Waals surface area contributed by atoms with E-state index in [-0.39, 0.29) is 23.8 Å². The second-order valence-corrected chi connectivity index (χ2v) is 10.7. The molecule has 5 rings (SSSR count). The van der Waals surface area contributed by atoms with Gasteiger partial charge in [0.25, 0.3) is 0 Å². The van der Waals surface area contributed by atoms with E-state index < -0.39 is 22.2 Å². The van der Waals surface area contributed by atoms with Crippen LogP contribution in [0.4, 0.5) is 4.39 Å². The van der Waals surface area contributed by atoms with Crippen molar-refractivity contribution in [1.82, 2.24) is 19.3 Å². The van der Waals surface area contributed by atoms with E-state index in [1.807, 2.05) is 6.92 Å². The van der Waals surface area contributed by atoms with Crippen LogP contribution in [0.1, 0.15) is 43.4 Å². The van der Waals surface area contributed by atoms with Gasteiger partial charge in [-0.05, 0) is 45.2 Å². The summed E-state index contributed by atoms with van der Waals surface area (Å²) in [6.45, 7) is 3.64. The van der Waals surface area contributed by atoms with Crippen LogP contribution in [0.3, 0.4) is 0 Å². The molecule has 0 amide bonds. The minimum atomic E-state index is -3.42. The minimum absolute atomic E-state index is 0.230. The van der Waals surface area contributed by atoms with Crippen molar-refractivity contribution in [2.45, 2.75) is 75.6 Å². The number of piperidine rings is 1. The van der Waals surface area contributed by atoms with Gasteiger partial charge in [0.1, 0.15) is 18.6 Å². The van der Waals surface area contributed by atoms with Crippen LogP contribution in [0, 0.1) is 13.8 Å². The molecule has 0 radical (unpaired) electrons. The standard InChI is InChI=1S/C21H25FN4O4S/c1-12-20(24-11-25-21(12)30-19-4-3-7-23-13(19)2)29-15-8-14-9-17(22)18(10-15)26(14)31(27,28)16-5-6-16/h3-4,7,11,14-18H,5-6,8-10H2,1-2H3. The van der Waals surface area contributed by atoms with Crippen LogP contribution in [-0.4, -0.2) is 57.3 Å². The number of halogens is 1. The number of aryl methyl sites for hydroxylation is 1. The molecule has 8 nitrogen and oxygen atoms in total. The molecule has 10 heteroatoms. The fraction of sp³-hybridized carbons (Fsp3) is 0.571. The number of hydrogen-bond acceptors (Lipinski definition) is 7. The third kappa shape index (κ3) is 3.76. The largest absolute Gasteiger partial charge is 0.474 e. The first kappa shape index (κ1) is 20.6. The molecule has 1 aliphatic carbocycles. The smallest absolute Gasteiger partial charge is 0.229 e. The summed E-state index contributed by atoms with van der Waals surface area (Å²) in [5.74, 6) is 1.32. The summed E-state index contributed by atoms with van der Waals surface area (Å²) in [5, 5.41) is -0.333. The highest BCUT2D eigenvalue weighted by Gasteiger charge is 2.56. The lowest BCUT2D eigenvalue weighted by atomic mass is 10.0. The van der Waals surface area contributed by atoms with Crippen molar-refractivity contribution < 1.29 is 22.3 Å². The number of hydrogen-bond donors (Lipinski definition) is 0. The van der Waals surface area contributed by atoms with E-state index in [9.17, 15) is 12.8 Å². The molecule has 2 aromatic rings. The Morgan fingerprint density at radius 2 is 1.87 bits per heavy atom. The fourth-order valence-electron chi connectivity index (χ4n) is 4.58. The molecule has 3 aliphatic rings. The average molecular weight is 449 g/mol. The van der Waals surface area contributed by atoms with Crippen molar-refractivity contribution in [3.63, 3.8) is 0 Å². The summed E-state index contributed by atoms with van der Waals surface area (Å²) in [6.07, 6.45) is 3.91. The first-order valence-corrected chi connectivity index (χ1v) is 12.1. The van der Waals surface area contributed by atoms with Crippen LogP contribution in [0.25, 0.3) is 0 Å². The number of ether oxygens (including phenoxy) is 2. The summed E-state index contributed by atoms with van der Waals surface area (Å²) in [7, 11) is -3.42. The van der Waals surface area contributed by atoms with Gasteiger partial charge in [0.15, 0.2) is 5.75 Å². The van der Waals surface area contributed by atoms with Gasteiger partial charge in [-0.1, -0.05) is 0 Å². The van der Waals surface area contributed by atoms with E-state index >= 15 is 0 Å². The van der Waals surface area contributed by atoms with Crippen molar-refractivity contribution in [3.8, 4) is 17.5 Å². The molecule has 31 heavy (non-hydrogen) atoms. The average Bonchev–Trinajstić information content (AvgIpc) is 3.55. The molecule has 2 aliphatic heterocycles. The highest BCUT2D eigenvalue weighted by atomic mass is 32.2. The number of aromatic nitrogens is 3. The van der Waals surface area contributed by atoms with E-state index in [0.717, 1.165) is 5.69 Å². The molecule has 4 atom stereocenters. The SMILES string of the molecule is Cc1ncccc1Oc1ncnc(OC2CC3CC(F)C(C2)N3S(=O)(=O)C2CC2)c1C. The number of sulfonamides is 1. The third-order valence-electron chi connectivity index (χ3n) is 6.32. The molecular weight excluding hydrogens is 423 g/mol. The Morgan fingerprint density at radius 3 is 2.58 bits per heavy atom. The number of nitrogens with zero attached hydrogens (tertiary/aromatic N) is 4. The van der Waals surface area contributed by atoms with Gasteiger partial charge in [-0.2, -0.15) is 4.31 Å². The Kier molecular flexibility index (Phi) is 5.09. The lowest BCUT2D eigenvalue weighted by Gasteiger charge is -2.37. The maximum atomic E-state index is 14.7. The molecule has 0 aromatic carbocycles. The Balaban J connectivity index is 1.33. The van der Waals surface area contributed by atoms with E-state index in [1.54, 1.807) is 25.3 Å². The number of fused-ring (bicyclic) bond motifs is 2. The predicted molar refractivity (Wildman–Crippen MR) is 110 cm³/mol. The van der Waals surface area contributed by atoms with Crippen LogP contribution in [-0.2, 0) is 10.0 Å². The maximum absolute atomic E-state index is 14.7. The topological polar surface area (TPSA) is 94.5 Å². The Morgan fingerprint density at radius 1 is 1.10 bits per heavy atom. The number of rotatable bonds is 6. The lowest BCUT2D eigenvalue weighted by Crippen LogP contribution is -2.51. The predicted octanol–water partition coefficient (Wildman–Crippen LogP) is 3.10. The Labute approximate surface area is 180 Å². The zero-order valence-corrected chi connectivity index (χ0v) is 18.3. The van der Waals surface area contributed by atoms with Gasteiger partial charge in [0, 0.05) is 25.1 Å². The summed E-state index contributed by atoms with van der Waals surface area (Å²) in [5.41, 5.74) is 1.36. The molecule has 3 fully saturated rings. The highest BCUT2D eigenvalue weighted by Crippen LogP contribution is 2.45. The first-order chi connectivity index (χ1) is 14.8. The Hall–Kier alpha value is -2.33. The normalized spacial score (nSPS) is 28.5. The quantitative estimate of drug-likeness (QED) is 0.670. The van der Waals surface area contributed by atoms with Crippen LogP contribution in [0.2, 0.25) is 0 Å². The van der Waals surface area contributed by atoms with Gasteiger partial charge < -0.3 is 9.47 Å². The lowest BCUT2D eigenvalue weighted by molar-refractivity contribution is 0.0808. The van der Waals surface area contributed by atoms with Gasteiger partial charge in [-0.25, -0.2) is 22.8 Å². The van der Waals surface area contributed by atoms with Crippen molar-refractivity contribution in [1.29, 1.82) is 0 Å². The monoisotopic (exact) mass is 448 g/mol. The first-order valence-electron chi connectivity index (χ1n) is 10.6. The number of pyridine rings is 1. The van der Waals surface area contributed by atoms with Crippen LogP contribution >= 0.6 is 0 Å². The van der Waals surface area contributed by atoms with Crippen LogP contribution in [0.15, 0.2) is 24.7 Å². The van der Waals surface area contributed by atoms with Gasteiger partial charge in [-0.3, -0.25) is 4.98 Å². The minimum Gasteiger partial charge on any atom is -0.474 e. The molecular formula is C21H25FN4O4S. The van der Waals surface area contributed by atoms with Crippen molar-refractivity contribution in [2.24, 2.45) is 0 Å². The molecule has 166 valence electrons. The molecule has 4 heterocycles. The van der Waals surface area contributed by atoms with E-state index in [4.69, 9.17) is 9.47 Å². The second-order valence-electron chi connectivity index (χ2n) is 8.56. The maximum Gasteiger partial charge on any atom is 0.229 e. The van der Waals surface area contributed by atoms with E-state index in [2.05, 4.69) is 15.0 Å². The highest BCUT2D eigenvalue weighted by molar-refractivity contribution is 7.90. The van der Waals surface area contributed by atoms with Gasteiger partial charge in [0.2, 0.25) is 21.8 Å². The van der Waals surface area contributed by atoms with Gasteiger partial charge in [0.05, 0.1) is 22.5 Å². The third-order valence-corrected chi connectivity index (χ3v) is 8.79. The number of alkyl halides is 1. The summed E-state index contributed by atoms with van der Waals surface area (Å²) < 4.78 is 53.7.